The van der Waals surface area contributed by atoms with Gasteiger partial charge in [-0.2, -0.15) is 0 Å². The number of hydrogen-bond donors (Lipinski definition) is 5. The fraction of sp³-hybridized carbons (Fsp3) is 0.333. The Morgan fingerprint density at radius 3 is 1.52 bits per heavy atom. The Labute approximate surface area is 184 Å². The average Bonchev–Trinajstić information content (AvgIpc) is 3.34. The summed E-state index contributed by atoms with van der Waals surface area (Å²) in [7, 11) is -4.64. The van der Waals surface area contributed by atoms with Crippen molar-refractivity contribution in [3.8, 4) is 24.7 Å². The molecule has 0 unspecified atom stereocenters. The molecule has 0 amide bonds. The molecule has 164 valence electrons. The normalized spacial score (nSPS) is 18.2. The summed E-state index contributed by atoms with van der Waals surface area (Å²) in [6.07, 6.45) is 15.1. The lowest BCUT2D eigenvalue weighted by Crippen LogP contribution is -2.19. The first-order chi connectivity index (χ1) is 14.8. The van der Waals surface area contributed by atoms with Crippen molar-refractivity contribution < 1.29 is 19.2 Å². The Kier molecular flexibility index (Phi) is 9.98. The Balaban J connectivity index is 0.000000182. The van der Waals surface area contributed by atoms with Gasteiger partial charge in [-0.25, -0.2) is 4.57 Å². The molecule has 0 spiro atoms. The van der Waals surface area contributed by atoms with E-state index < -0.39 is 7.82 Å². The maximum atomic E-state index is 8.88. The number of aryl methyl sites for hydroxylation is 2. The van der Waals surface area contributed by atoms with Crippen LogP contribution in [-0.2, 0) is 17.4 Å². The first-order valence-corrected chi connectivity index (χ1v) is 11.7. The zero-order valence-corrected chi connectivity index (χ0v) is 18.3. The second-order valence-corrected chi connectivity index (χ2v) is 8.29. The van der Waals surface area contributed by atoms with Gasteiger partial charge in [0.05, 0.1) is 13.1 Å². The van der Waals surface area contributed by atoms with Crippen LogP contribution in [0.15, 0.2) is 48.5 Å². The van der Waals surface area contributed by atoms with Gasteiger partial charge in [-0.05, 0) is 47.9 Å². The van der Waals surface area contributed by atoms with Crippen molar-refractivity contribution in [3.05, 3.63) is 70.8 Å². The molecule has 0 saturated heterocycles. The molecule has 6 nitrogen and oxygen atoms in total. The van der Waals surface area contributed by atoms with E-state index in [1.54, 1.807) is 0 Å². The fourth-order valence-corrected chi connectivity index (χ4v) is 3.90. The molecular weight excluding hydrogens is 411 g/mol. The Morgan fingerprint density at radius 1 is 0.806 bits per heavy atom. The van der Waals surface area contributed by atoms with E-state index in [1.807, 2.05) is 0 Å². The van der Waals surface area contributed by atoms with Crippen molar-refractivity contribution in [2.45, 2.75) is 37.8 Å². The first kappa shape index (κ1) is 24.9. The molecule has 0 saturated carbocycles. The van der Waals surface area contributed by atoms with Gasteiger partial charge in [0.15, 0.2) is 0 Å². The van der Waals surface area contributed by atoms with Crippen LogP contribution in [0, 0.1) is 24.7 Å². The van der Waals surface area contributed by atoms with E-state index in [4.69, 9.17) is 32.1 Å². The van der Waals surface area contributed by atoms with E-state index >= 15 is 0 Å². The SMILES string of the molecule is C#CCN[C@@H]1CCc2ccccc21.C#CCN[C@@H]1CCc2ccccc21.O=P(O)(O)O. The zero-order chi connectivity index (χ0) is 22.7. The fourth-order valence-electron chi connectivity index (χ4n) is 3.90. The van der Waals surface area contributed by atoms with Crippen LogP contribution in [-0.4, -0.2) is 27.8 Å². The quantitative estimate of drug-likeness (QED) is 0.370. The number of phosphoric acid groups is 1. The number of terminal acetylenes is 2. The van der Waals surface area contributed by atoms with Gasteiger partial charge in [-0.15, -0.1) is 12.8 Å². The zero-order valence-electron chi connectivity index (χ0n) is 17.4. The Morgan fingerprint density at radius 2 is 1.16 bits per heavy atom. The molecule has 0 fully saturated rings. The van der Waals surface area contributed by atoms with Crippen molar-refractivity contribution in [1.82, 2.24) is 10.6 Å². The number of rotatable bonds is 4. The van der Waals surface area contributed by atoms with Gasteiger partial charge in [-0.3, -0.25) is 10.6 Å². The van der Waals surface area contributed by atoms with Crippen LogP contribution in [0.25, 0.3) is 0 Å². The summed E-state index contributed by atoms with van der Waals surface area (Å²) < 4.78 is 8.88. The molecule has 2 aliphatic rings. The monoisotopic (exact) mass is 440 g/mol. The minimum atomic E-state index is -4.64. The summed E-state index contributed by atoms with van der Waals surface area (Å²) in [6.45, 7) is 1.33. The molecule has 0 aliphatic heterocycles. The van der Waals surface area contributed by atoms with Gasteiger partial charge in [0.2, 0.25) is 0 Å². The highest BCUT2D eigenvalue weighted by molar-refractivity contribution is 7.45. The molecule has 4 rings (SSSR count). The van der Waals surface area contributed by atoms with Crippen LogP contribution in [0.3, 0.4) is 0 Å². The minimum absolute atomic E-state index is 0.479. The van der Waals surface area contributed by atoms with Crippen molar-refractivity contribution >= 4 is 7.82 Å². The lowest BCUT2D eigenvalue weighted by atomic mass is 10.1. The van der Waals surface area contributed by atoms with E-state index in [2.05, 4.69) is 71.0 Å². The van der Waals surface area contributed by atoms with Crippen LogP contribution in [0.4, 0.5) is 0 Å². The lowest BCUT2D eigenvalue weighted by molar-refractivity contribution is 0.275. The number of fused-ring (bicyclic) bond motifs is 2. The highest BCUT2D eigenvalue weighted by atomic mass is 31.2. The maximum Gasteiger partial charge on any atom is 0.466 e. The second kappa shape index (κ2) is 12.4. The third-order valence-electron chi connectivity index (χ3n) is 5.17. The summed E-state index contributed by atoms with van der Waals surface area (Å²) in [5, 5.41) is 6.70. The number of benzene rings is 2. The maximum absolute atomic E-state index is 8.88. The van der Waals surface area contributed by atoms with Gasteiger partial charge in [0.1, 0.15) is 0 Å². The van der Waals surface area contributed by atoms with Crippen LogP contribution in [0.5, 0.6) is 0 Å². The van der Waals surface area contributed by atoms with Gasteiger partial charge in [0.25, 0.3) is 0 Å². The van der Waals surface area contributed by atoms with Crippen LogP contribution < -0.4 is 10.6 Å². The van der Waals surface area contributed by atoms with Crippen molar-refractivity contribution in [3.63, 3.8) is 0 Å². The van der Waals surface area contributed by atoms with Crippen molar-refractivity contribution in [1.29, 1.82) is 0 Å². The average molecular weight is 440 g/mol. The molecule has 7 heteroatoms. The third-order valence-corrected chi connectivity index (χ3v) is 5.17. The molecular formula is C24H29N2O4P. The molecule has 2 aromatic carbocycles. The molecule has 2 aliphatic carbocycles. The van der Waals surface area contributed by atoms with Crippen molar-refractivity contribution in [2.75, 3.05) is 13.1 Å². The first-order valence-electron chi connectivity index (χ1n) is 10.1. The largest absolute Gasteiger partial charge is 0.466 e. The molecule has 0 radical (unpaired) electrons. The minimum Gasteiger partial charge on any atom is -0.303 e. The lowest BCUT2D eigenvalue weighted by Gasteiger charge is -2.10. The number of hydrogen-bond acceptors (Lipinski definition) is 3. The standard InChI is InChI=1S/2C12H13N.H3O4P/c2*1-2-9-13-12-8-7-10-5-3-4-6-11(10)12;1-5(2,3)4/h2*1,3-6,12-13H,7-9H2;(H3,1,2,3,4)/t2*12-;/m11./s1. The topological polar surface area (TPSA) is 102 Å². The third kappa shape index (κ3) is 8.69. The molecule has 0 aromatic heterocycles. The van der Waals surface area contributed by atoms with Crippen LogP contribution in [0.2, 0.25) is 0 Å². The van der Waals surface area contributed by atoms with E-state index in [1.165, 1.54) is 47.9 Å². The Bertz CT molecular complexity index is 896. The molecule has 31 heavy (non-hydrogen) atoms. The molecule has 2 atom stereocenters. The van der Waals surface area contributed by atoms with Crippen LogP contribution in [0.1, 0.15) is 47.2 Å². The molecule has 0 heterocycles. The van der Waals surface area contributed by atoms with E-state index in [0.717, 1.165) is 0 Å². The van der Waals surface area contributed by atoms with Gasteiger partial charge in [0, 0.05) is 12.1 Å². The van der Waals surface area contributed by atoms with Gasteiger partial charge >= 0.3 is 7.82 Å². The van der Waals surface area contributed by atoms with Gasteiger partial charge < -0.3 is 14.7 Å². The highest BCUT2D eigenvalue weighted by Crippen LogP contribution is 2.31. The molecule has 5 N–H and O–H groups in total. The molecule has 0 bridgehead atoms. The Hall–Kier alpha value is -2.41. The summed E-state index contributed by atoms with van der Waals surface area (Å²) in [6, 6.07) is 18.1. The molecule has 2 aromatic rings. The highest BCUT2D eigenvalue weighted by Gasteiger charge is 2.21. The summed E-state index contributed by atoms with van der Waals surface area (Å²) in [4.78, 5) is 21.6. The summed E-state index contributed by atoms with van der Waals surface area (Å²) >= 11 is 0. The van der Waals surface area contributed by atoms with E-state index in [0.29, 0.717) is 25.2 Å². The van der Waals surface area contributed by atoms with E-state index in [9.17, 15) is 0 Å². The smallest absolute Gasteiger partial charge is 0.303 e. The van der Waals surface area contributed by atoms with Crippen LogP contribution >= 0.6 is 7.82 Å². The summed E-state index contributed by atoms with van der Waals surface area (Å²) in [5.74, 6) is 5.23. The van der Waals surface area contributed by atoms with Gasteiger partial charge in [-0.1, -0.05) is 60.4 Å². The number of nitrogens with one attached hydrogen (secondary N) is 2. The van der Waals surface area contributed by atoms with E-state index in [-0.39, 0.29) is 0 Å². The summed E-state index contributed by atoms with van der Waals surface area (Å²) in [5.41, 5.74) is 5.80. The predicted molar refractivity (Wildman–Crippen MR) is 123 cm³/mol. The van der Waals surface area contributed by atoms with Crippen molar-refractivity contribution in [2.24, 2.45) is 0 Å². The second-order valence-electron chi connectivity index (χ2n) is 7.26. The predicted octanol–water partition coefficient (Wildman–Crippen LogP) is 2.86.